The molecular weight excluding hydrogens is 332 g/mol. The molecule has 1 aromatic heterocycles. The number of hydrogen-bond donors (Lipinski definition) is 1. The molecule has 1 N–H and O–H groups in total. The highest BCUT2D eigenvalue weighted by atomic mass is 79.9. The lowest BCUT2D eigenvalue weighted by atomic mass is 10.1. The fourth-order valence-corrected chi connectivity index (χ4v) is 3.19. The van der Waals surface area contributed by atoms with Crippen LogP contribution < -0.4 is 5.32 Å². The van der Waals surface area contributed by atoms with E-state index in [1.807, 2.05) is 18.3 Å². The van der Waals surface area contributed by atoms with Crippen LogP contribution in [-0.2, 0) is 6.54 Å². The predicted molar refractivity (Wildman–Crippen MR) is 89.2 cm³/mol. The number of halogens is 1. The average Bonchev–Trinajstić information content (AvgIpc) is 2.41. The minimum Gasteiger partial charge on any atom is -0.310 e. The number of aromatic nitrogens is 1. The smallest absolute Gasteiger partial charge is 0.115 e. The zero-order chi connectivity index (χ0) is 14.5. The van der Waals surface area contributed by atoms with Gasteiger partial charge in [-0.25, -0.2) is 4.98 Å². The highest BCUT2D eigenvalue weighted by Gasteiger charge is 2.08. The number of nitrogens with one attached hydrogen (secondary N) is 1. The molecule has 0 fully saturated rings. The topological polar surface area (TPSA) is 24.9 Å². The molecule has 0 atom stereocenters. The summed E-state index contributed by atoms with van der Waals surface area (Å²) in [5.74, 6) is 0. The molecule has 0 aliphatic rings. The van der Waals surface area contributed by atoms with Crippen molar-refractivity contribution in [2.45, 2.75) is 43.3 Å². The van der Waals surface area contributed by atoms with E-state index in [1.165, 1.54) is 16.0 Å². The third-order valence-electron chi connectivity index (χ3n) is 2.85. The van der Waals surface area contributed by atoms with Gasteiger partial charge >= 0.3 is 0 Å². The summed E-state index contributed by atoms with van der Waals surface area (Å²) in [5.41, 5.74) is 2.61. The molecule has 20 heavy (non-hydrogen) atoms. The van der Waals surface area contributed by atoms with Crippen LogP contribution in [0.4, 0.5) is 0 Å². The lowest BCUT2D eigenvalue weighted by molar-refractivity contribution is 0.584. The van der Waals surface area contributed by atoms with Crippen molar-refractivity contribution in [1.29, 1.82) is 0 Å². The van der Waals surface area contributed by atoms with Crippen molar-refractivity contribution in [2.24, 2.45) is 0 Å². The molecular formula is C16H19BrN2S. The molecule has 0 saturated carbocycles. The SMILES string of the molecule is Cc1ccc(Sc2ncccc2Br)c(CNC(C)C)c1. The number of hydrogen-bond acceptors (Lipinski definition) is 3. The summed E-state index contributed by atoms with van der Waals surface area (Å²) in [6.45, 7) is 7.34. The largest absolute Gasteiger partial charge is 0.310 e. The van der Waals surface area contributed by atoms with Crippen molar-refractivity contribution in [2.75, 3.05) is 0 Å². The Morgan fingerprint density at radius 2 is 2.10 bits per heavy atom. The molecule has 0 radical (unpaired) electrons. The number of benzene rings is 1. The molecule has 0 aliphatic carbocycles. The highest BCUT2D eigenvalue weighted by molar-refractivity contribution is 9.10. The van der Waals surface area contributed by atoms with Crippen molar-refractivity contribution in [3.63, 3.8) is 0 Å². The van der Waals surface area contributed by atoms with E-state index < -0.39 is 0 Å². The molecule has 2 rings (SSSR count). The van der Waals surface area contributed by atoms with Crippen LogP contribution in [0, 0.1) is 6.92 Å². The van der Waals surface area contributed by atoms with Crippen molar-refractivity contribution in [3.8, 4) is 0 Å². The number of nitrogens with zero attached hydrogens (tertiary/aromatic N) is 1. The third-order valence-corrected chi connectivity index (χ3v) is 4.89. The monoisotopic (exact) mass is 350 g/mol. The Hall–Kier alpha value is -0.840. The summed E-state index contributed by atoms with van der Waals surface area (Å²) < 4.78 is 1.04. The second-order valence-corrected chi connectivity index (χ2v) is 6.92. The van der Waals surface area contributed by atoms with Gasteiger partial charge in [0.2, 0.25) is 0 Å². The van der Waals surface area contributed by atoms with Gasteiger partial charge in [0.15, 0.2) is 0 Å². The minimum absolute atomic E-state index is 0.481. The molecule has 1 heterocycles. The molecule has 0 bridgehead atoms. The normalized spacial score (nSPS) is 11.1. The molecule has 0 unspecified atom stereocenters. The molecule has 1 aromatic carbocycles. The maximum absolute atomic E-state index is 4.43. The van der Waals surface area contributed by atoms with E-state index in [4.69, 9.17) is 0 Å². The summed E-state index contributed by atoms with van der Waals surface area (Å²) >= 11 is 5.26. The van der Waals surface area contributed by atoms with Gasteiger partial charge < -0.3 is 5.32 Å². The maximum atomic E-state index is 4.43. The van der Waals surface area contributed by atoms with E-state index in [9.17, 15) is 0 Å². The van der Waals surface area contributed by atoms with Crippen LogP contribution in [0.1, 0.15) is 25.0 Å². The quantitative estimate of drug-likeness (QED) is 0.837. The zero-order valence-electron chi connectivity index (χ0n) is 12.0. The van der Waals surface area contributed by atoms with Gasteiger partial charge in [0, 0.05) is 23.7 Å². The molecule has 0 saturated heterocycles. The Bertz CT molecular complexity index is 584. The molecule has 4 heteroatoms. The first-order chi connectivity index (χ1) is 9.56. The Balaban J connectivity index is 2.24. The fourth-order valence-electron chi connectivity index (χ4n) is 1.81. The first-order valence-electron chi connectivity index (χ1n) is 6.67. The van der Waals surface area contributed by atoms with Crippen LogP contribution in [0.2, 0.25) is 0 Å². The number of rotatable bonds is 5. The van der Waals surface area contributed by atoms with Gasteiger partial charge in [-0.15, -0.1) is 0 Å². The number of pyridine rings is 1. The Labute approximate surface area is 133 Å². The fraction of sp³-hybridized carbons (Fsp3) is 0.312. The molecule has 2 nitrogen and oxygen atoms in total. The van der Waals surface area contributed by atoms with Gasteiger partial charge in [-0.2, -0.15) is 0 Å². The van der Waals surface area contributed by atoms with Gasteiger partial charge in [0.05, 0.1) is 4.47 Å². The Morgan fingerprint density at radius 3 is 2.80 bits per heavy atom. The van der Waals surface area contributed by atoms with Crippen molar-refractivity contribution in [1.82, 2.24) is 10.3 Å². The molecule has 0 amide bonds. The Kier molecular flexibility index (Phi) is 5.64. The van der Waals surface area contributed by atoms with Crippen LogP contribution >= 0.6 is 27.7 Å². The van der Waals surface area contributed by atoms with Crippen molar-refractivity contribution >= 4 is 27.7 Å². The lowest BCUT2D eigenvalue weighted by Gasteiger charge is -2.13. The molecule has 106 valence electrons. The van der Waals surface area contributed by atoms with E-state index in [-0.39, 0.29) is 0 Å². The summed E-state index contributed by atoms with van der Waals surface area (Å²) in [6.07, 6.45) is 1.83. The summed E-state index contributed by atoms with van der Waals surface area (Å²) in [6, 6.07) is 11.0. The summed E-state index contributed by atoms with van der Waals surface area (Å²) in [7, 11) is 0. The molecule has 0 aliphatic heterocycles. The van der Waals surface area contributed by atoms with Crippen LogP contribution in [0.15, 0.2) is 50.9 Å². The lowest BCUT2D eigenvalue weighted by Crippen LogP contribution is -2.22. The Morgan fingerprint density at radius 1 is 1.30 bits per heavy atom. The van der Waals surface area contributed by atoms with E-state index >= 15 is 0 Å². The first kappa shape index (κ1) is 15.5. The summed E-state index contributed by atoms with van der Waals surface area (Å²) in [5, 5.41) is 4.49. The standard InChI is InChI=1S/C16H19BrN2S/c1-11(2)19-10-13-9-12(3)6-7-15(13)20-16-14(17)5-4-8-18-16/h4-9,11,19H,10H2,1-3H3. The summed E-state index contributed by atoms with van der Waals surface area (Å²) in [4.78, 5) is 5.68. The van der Waals surface area contributed by atoms with Crippen LogP contribution in [-0.4, -0.2) is 11.0 Å². The van der Waals surface area contributed by atoms with Gasteiger partial charge in [-0.1, -0.05) is 43.3 Å². The predicted octanol–water partition coefficient (Wildman–Crippen LogP) is 4.80. The maximum Gasteiger partial charge on any atom is 0.115 e. The highest BCUT2D eigenvalue weighted by Crippen LogP contribution is 2.33. The third kappa shape index (κ3) is 4.33. The van der Waals surface area contributed by atoms with Crippen LogP contribution in [0.25, 0.3) is 0 Å². The van der Waals surface area contributed by atoms with Crippen molar-refractivity contribution < 1.29 is 0 Å². The van der Waals surface area contributed by atoms with Gasteiger partial charge in [0.25, 0.3) is 0 Å². The first-order valence-corrected chi connectivity index (χ1v) is 8.28. The van der Waals surface area contributed by atoms with Gasteiger partial charge in [-0.3, -0.25) is 0 Å². The van der Waals surface area contributed by atoms with Crippen molar-refractivity contribution in [3.05, 3.63) is 52.1 Å². The molecule has 0 spiro atoms. The minimum atomic E-state index is 0.481. The van der Waals surface area contributed by atoms with E-state index in [2.05, 4.69) is 65.2 Å². The molecule has 2 aromatic rings. The average molecular weight is 351 g/mol. The zero-order valence-corrected chi connectivity index (χ0v) is 14.4. The van der Waals surface area contributed by atoms with Gasteiger partial charge in [-0.05, 0) is 46.6 Å². The van der Waals surface area contributed by atoms with E-state index in [0.717, 1.165) is 16.0 Å². The van der Waals surface area contributed by atoms with Crippen LogP contribution in [0.3, 0.4) is 0 Å². The van der Waals surface area contributed by atoms with Gasteiger partial charge in [0.1, 0.15) is 5.03 Å². The second kappa shape index (κ2) is 7.25. The van der Waals surface area contributed by atoms with E-state index in [1.54, 1.807) is 11.8 Å². The van der Waals surface area contributed by atoms with Crippen LogP contribution in [0.5, 0.6) is 0 Å². The number of aryl methyl sites for hydroxylation is 1. The van der Waals surface area contributed by atoms with E-state index in [0.29, 0.717) is 6.04 Å². The second-order valence-electron chi connectivity index (χ2n) is 5.04.